The molecule has 0 amide bonds. The smallest absolute Gasteiger partial charge is 0.0713 e. The number of hydrogen-bond acceptors (Lipinski definition) is 1. The fraction of sp³-hybridized carbons (Fsp3) is 0.0484. The van der Waals surface area contributed by atoms with E-state index in [1.807, 2.05) is 0 Å². The molecule has 0 saturated heterocycles. The Morgan fingerprint density at radius 1 is 0.365 bits per heavy atom. The van der Waals surface area contributed by atoms with Crippen molar-refractivity contribution in [1.29, 1.82) is 0 Å². The second-order valence-electron chi connectivity index (χ2n) is 16.8. The van der Waals surface area contributed by atoms with Gasteiger partial charge >= 0.3 is 0 Å². The highest BCUT2D eigenvalue weighted by atomic mass is 14.8. The van der Waals surface area contributed by atoms with E-state index in [4.69, 9.17) is 4.99 Å². The molecule has 63 heavy (non-hydrogen) atoms. The Labute approximate surface area is 368 Å². The molecule has 1 aliphatic carbocycles. The first-order valence-electron chi connectivity index (χ1n) is 22.1. The lowest BCUT2D eigenvalue weighted by atomic mass is 9.67. The summed E-state index contributed by atoms with van der Waals surface area (Å²) in [4.78, 5) is 5.51. The molecule has 1 aliphatic heterocycles. The van der Waals surface area contributed by atoms with E-state index in [0.29, 0.717) is 0 Å². The molecule has 0 radical (unpaired) electrons. The van der Waals surface area contributed by atoms with Crippen LogP contribution >= 0.6 is 0 Å². The number of nitrogens with zero attached hydrogens (tertiary/aromatic N) is 1. The maximum atomic E-state index is 5.51. The molecular weight excluding hydrogens is 759 g/mol. The molecule has 10 aromatic rings. The minimum absolute atomic E-state index is 0.431. The van der Waals surface area contributed by atoms with Crippen molar-refractivity contribution in [1.82, 2.24) is 0 Å². The molecule has 0 aromatic heterocycles. The molecule has 2 aliphatic rings. The number of benzene rings is 10. The van der Waals surface area contributed by atoms with E-state index in [9.17, 15) is 0 Å². The zero-order valence-corrected chi connectivity index (χ0v) is 34.9. The van der Waals surface area contributed by atoms with E-state index < -0.39 is 5.41 Å². The van der Waals surface area contributed by atoms with E-state index in [2.05, 4.69) is 237 Å². The third kappa shape index (κ3) is 6.03. The molecule has 0 N–H and O–H groups in total. The molecule has 0 saturated carbocycles. The highest BCUT2D eigenvalue weighted by Gasteiger charge is 2.46. The van der Waals surface area contributed by atoms with Crippen LogP contribution in [-0.2, 0) is 5.41 Å². The molecule has 12 rings (SSSR count). The van der Waals surface area contributed by atoms with Gasteiger partial charge < -0.3 is 0 Å². The van der Waals surface area contributed by atoms with Crippen LogP contribution in [0.1, 0.15) is 51.8 Å². The van der Waals surface area contributed by atoms with E-state index in [1.165, 1.54) is 88.0 Å². The minimum atomic E-state index is -0.431. The van der Waals surface area contributed by atoms with Crippen molar-refractivity contribution in [2.75, 3.05) is 0 Å². The van der Waals surface area contributed by atoms with Crippen LogP contribution in [0.5, 0.6) is 0 Å². The number of fused-ring (bicyclic) bond motifs is 9. The molecule has 1 heteroatoms. The first kappa shape index (κ1) is 36.9. The highest BCUT2D eigenvalue weighted by molar-refractivity contribution is 6.29. The average Bonchev–Trinajstić information content (AvgIpc) is 3.65. The molecular formula is C62H43N. The van der Waals surface area contributed by atoms with Gasteiger partial charge in [-0.15, -0.1) is 0 Å². The third-order valence-corrected chi connectivity index (χ3v) is 13.4. The molecule has 0 spiro atoms. The molecule has 0 fully saturated rings. The van der Waals surface area contributed by atoms with Crippen LogP contribution in [0.15, 0.2) is 242 Å². The van der Waals surface area contributed by atoms with Gasteiger partial charge in [-0.3, -0.25) is 4.99 Å². The second kappa shape index (κ2) is 15.2. The normalized spacial score (nSPS) is 16.8. The van der Waals surface area contributed by atoms with Gasteiger partial charge in [0.15, 0.2) is 0 Å². The summed E-state index contributed by atoms with van der Waals surface area (Å²) in [6, 6.07) is 82.5. The van der Waals surface area contributed by atoms with E-state index in [-0.39, 0.29) is 0 Å². The van der Waals surface area contributed by atoms with E-state index in [0.717, 1.165) is 35.4 Å². The molecule has 0 bridgehead atoms. The van der Waals surface area contributed by atoms with Crippen molar-refractivity contribution < 1.29 is 0 Å². The monoisotopic (exact) mass is 801 g/mol. The van der Waals surface area contributed by atoms with Gasteiger partial charge in [-0.1, -0.05) is 218 Å². The first-order chi connectivity index (χ1) is 31.3. The van der Waals surface area contributed by atoms with Crippen LogP contribution in [0.2, 0.25) is 0 Å². The lowest BCUT2D eigenvalue weighted by Crippen LogP contribution is -2.28. The molecule has 10 aromatic carbocycles. The third-order valence-electron chi connectivity index (χ3n) is 13.4. The Morgan fingerprint density at radius 3 is 1.65 bits per heavy atom. The number of allylic oxidation sites excluding steroid dienone is 3. The van der Waals surface area contributed by atoms with Crippen molar-refractivity contribution in [3.63, 3.8) is 0 Å². The van der Waals surface area contributed by atoms with Gasteiger partial charge in [0, 0.05) is 11.3 Å². The Hall–Kier alpha value is -7.87. The fourth-order valence-electron chi connectivity index (χ4n) is 10.6. The zero-order chi connectivity index (χ0) is 41.7. The van der Waals surface area contributed by atoms with Crippen molar-refractivity contribution >= 4 is 49.3 Å². The zero-order valence-electron chi connectivity index (χ0n) is 34.9. The molecule has 1 heterocycles. The van der Waals surface area contributed by atoms with Crippen LogP contribution in [-0.4, -0.2) is 5.71 Å². The summed E-state index contributed by atoms with van der Waals surface area (Å²) in [7, 11) is 0. The topological polar surface area (TPSA) is 12.4 Å². The summed E-state index contributed by atoms with van der Waals surface area (Å²) in [6.07, 6.45) is 6.38. The summed E-state index contributed by atoms with van der Waals surface area (Å²) in [5.41, 5.74) is 16.6. The minimum Gasteiger partial charge on any atom is -0.252 e. The van der Waals surface area contributed by atoms with E-state index >= 15 is 0 Å². The first-order valence-corrected chi connectivity index (χ1v) is 22.1. The standard InChI is InChI=1S/C62H43N/c1-5-19-42(20-6-1)44-23-17-34-59(63-60(41-44)43-21-7-2-8-22-43)46-35-37-54-55(40-46)51-29-14-13-28-50(51)53-32-18-31-49(61(53)54)45-36-38-58-56(39-45)52-30-15-16-33-57(52)62(58,47-24-9-3-10-25-47)48-26-11-4-12-27-48/h1-16,18-33,35-41H,17,34H2/b44-23+,60-41-,63-59+. The lowest BCUT2D eigenvalue weighted by molar-refractivity contribution is 0.768. The summed E-state index contributed by atoms with van der Waals surface area (Å²) in [6.45, 7) is 0. The summed E-state index contributed by atoms with van der Waals surface area (Å²) >= 11 is 0. The summed E-state index contributed by atoms with van der Waals surface area (Å²) < 4.78 is 0. The predicted octanol–water partition coefficient (Wildman–Crippen LogP) is 15.9. The van der Waals surface area contributed by atoms with Crippen LogP contribution in [0.3, 0.4) is 0 Å². The van der Waals surface area contributed by atoms with Crippen LogP contribution in [0.4, 0.5) is 0 Å². The Bertz CT molecular complexity index is 3430. The van der Waals surface area contributed by atoms with Gasteiger partial charge in [0.1, 0.15) is 0 Å². The second-order valence-corrected chi connectivity index (χ2v) is 16.8. The SMILES string of the molecule is C1=C(c2ccccc2)\N=C(\c2ccc3c(c2)c2ccccc2c2cccc(-c4ccc5c(c4)-c4ccccc4C5(c4ccccc4)c4ccccc4)c23)CC\C=C/1c1ccccc1. The van der Waals surface area contributed by atoms with Gasteiger partial charge in [0.2, 0.25) is 0 Å². The summed E-state index contributed by atoms with van der Waals surface area (Å²) in [5.74, 6) is 0. The van der Waals surface area contributed by atoms with Gasteiger partial charge in [0.05, 0.1) is 11.1 Å². The number of aliphatic imine (C=N–C) groups is 1. The quantitative estimate of drug-likeness (QED) is 0.149. The van der Waals surface area contributed by atoms with Gasteiger partial charge in [0.25, 0.3) is 0 Å². The van der Waals surface area contributed by atoms with Crippen LogP contribution in [0, 0.1) is 0 Å². The molecule has 1 nitrogen and oxygen atoms in total. The van der Waals surface area contributed by atoms with Crippen molar-refractivity contribution in [3.8, 4) is 22.3 Å². The summed E-state index contributed by atoms with van der Waals surface area (Å²) in [5, 5.41) is 7.57. The number of rotatable bonds is 6. The van der Waals surface area contributed by atoms with Crippen molar-refractivity contribution in [2.45, 2.75) is 18.3 Å². The maximum Gasteiger partial charge on any atom is 0.0713 e. The maximum absolute atomic E-state index is 5.51. The average molecular weight is 802 g/mol. The van der Waals surface area contributed by atoms with Gasteiger partial charge in [-0.2, -0.15) is 0 Å². The largest absolute Gasteiger partial charge is 0.252 e. The van der Waals surface area contributed by atoms with Gasteiger partial charge in [-0.25, -0.2) is 0 Å². The van der Waals surface area contributed by atoms with Crippen molar-refractivity contribution in [2.24, 2.45) is 4.99 Å². The van der Waals surface area contributed by atoms with Crippen molar-refractivity contribution in [3.05, 3.63) is 276 Å². The van der Waals surface area contributed by atoms with E-state index in [1.54, 1.807) is 0 Å². The fourth-order valence-corrected chi connectivity index (χ4v) is 10.6. The lowest BCUT2D eigenvalue weighted by Gasteiger charge is -2.33. The Kier molecular flexibility index (Phi) is 8.94. The molecule has 0 unspecified atom stereocenters. The van der Waals surface area contributed by atoms with Gasteiger partial charge in [-0.05, 0) is 125 Å². The van der Waals surface area contributed by atoms with Crippen LogP contribution in [0.25, 0.3) is 65.8 Å². The van der Waals surface area contributed by atoms with Crippen LogP contribution < -0.4 is 0 Å². The highest BCUT2D eigenvalue weighted by Crippen LogP contribution is 2.57. The Morgan fingerprint density at radius 2 is 0.921 bits per heavy atom. The molecule has 0 atom stereocenters. The number of hydrogen-bond donors (Lipinski definition) is 0. The Balaban J connectivity index is 1.05. The molecule has 296 valence electrons. The predicted molar refractivity (Wildman–Crippen MR) is 266 cm³/mol.